The highest BCUT2D eigenvalue weighted by atomic mass is 19.1. The van der Waals surface area contributed by atoms with E-state index >= 15 is 0 Å². The monoisotopic (exact) mass is 226 g/mol. The van der Waals surface area contributed by atoms with Gasteiger partial charge in [-0.15, -0.1) is 0 Å². The molecule has 0 saturated carbocycles. The van der Waals surface area contributed by atoms with E-state index in [0.29, 0.717) is 12.0 Å². The number of hydrogen-bond acceptors (Lipinski definition) is 1. The second-order valence-corrected chi connectivity index (χ2v) is 3.93. The van der Waals surface area contributed by atoms with Crippen molar-refractivity contribution in [2.24, 2.45) is 0 Å². The standard InChI is InChI=1S/C13H16F2O/c1-3-4-5-6-11(16)12-10(14)8-7-9(2)13(12)15/h7-8H,3-6H2,1-2H3. The van der Waals surface area contributed by atoms with E-state index in [-0.39, 0.29) is 12.0 Å². The zero-order valence-corrected chi connectivity index (χ0v) is 9.65. The average molecular weight is 226 g/mol. The number of ketones is 1. The molecule has 0 bridgehead atoms. The first kappa shape index (κ1) is 12.8. The van der Waals surface area contributed by atoms with Crippen LogP contribution in [0.15, 0.2) is 12.1 Å². The summed E-state index contributed by atoms with van der Waals surface area (Å²) in [5, 5.41) is 0. The number of halogens is 2. The first-order valence-corrected chi connectivity index (χ1v) is 5.55. The van der Waals surface area contributed by atoms with Gasteiger partial charge in [-0.25, -0.2) is 8.78 Å². The molecule has 0 unspecified atom stereocenters. The molecule has 0 atom stereocenters. The van der Waals surface area contributed by atoms with Gasteiger partial charge in [-0.05, 0) is 25.0 Å². The molecule has 0 aliphatic carbocycles. The van der Waals surface area contributed by atoms with Gasteiger partial charge in [0.15, 0.2) is 5.78 Å². The Morgan fingerprint density at radius 1 is 1.25 bits per heavy atom. The summed E-state index contributed by atoms with van der Waals surface area (Å²) < 4.78 is 26.9. The van der Waals surface area contributed by atoms with Crippen molar-refractivity contribution in [1.82, 2.24) is 0 Å². The summed E-state index contributed by atoms with van der Waals surface area (Å²) >= 11 is 0. The van der Waals surface area contributed by atoms with Gasteiger partial charge in [-0.2, -0.15) is 0 Å². The maximum Gasteiger partial charge on any atom is 0.168 e. The summed E-state index contributed by atoms with van der Waals surface area (Å²) in [6, 6.07) is 2.49. The molecular weight excluding hydrogens is 210 g/mol. The van der Waals surface area contributed by atoms with Gasteiger partial charge in [-0.3, -0.25) is 4.79 Å². The molecule has 0 N–H and O–H groups in total. The van der Waals surface area contributed by atoms with Crippen molar-refractivity contribution < 1.29 is 13.6 Å². The molecule has 0 aliphatic heterocycles. The SMILES string of the molecule is CCCCCC(=O)c1c(F)ccc(C)c1F. The number of rotatable bonds is 5. The number of hydrogen-bond donors (Lipinski definition) is 0. The number of carbonyl (C=O) groups is 1. The first-order valence-electron chi connectivity index (χ1n) is 5.55. The molecule has 0 amide bonds. The largest absolute Gasteiger partial charge is 0.294 e. The average Bonchev–Trinajstić information content (AvgIpc) is 2.24. The fourth-order valence-corrected chi connectivity index (χ4v) is 1.57. The van der Waals surface area contributed by atoms with Crippen LogP contribution in [-0.2, 0) is 0 Å². The van der Waals surface area contributed by atoms with E-state index in [1.807, 2.05) is 6.92 Å². The van der Waals surface area contributed by atoms with Crippen LogP contribution in [0, 0.1) is 18.6 Å². The number of aryl methyl sites for hydroxylation is 1. The molecule has 1 rings (SSSR count). The van der Waals surface area contributed by atoms with Crippen molar-refractivity contribution in [3.63, 3.8) is 0 Å². The van der Waals surface area contributed by atoms with Gasteiger partial charge >= 0.3 is 0 Å². The minimum absolute atomic E-state index is 0.213. The van der Waals surface area contributed by atoms with Crippen molar-refractivity contribution in [2.75, 3.05) is 0 Å². The van der Waals surface area contributed by atoms with Gasteiger partial charge in [0.1, 0.15) is 11.6 Å². The third-order valence-electron chi connectivity index (χ3n) is 2.57. The van der Waals surface area contributed by atoms with Crippen LogP contribution in [0.25, 0.3) is 0 Å². The summed E-state index contributed by atoms with van der Waals surface area (Å²) in [7, 11) is 0. The van der Waals surface area contributed by atoms with Crippen molar-refractivity contribution in [3.8, 4) is 0 Å². The number of unbranched alkanes of at least 4 members (excludes halogenated alkanes) is 2. The Kier molecular flexibility index (Phi) is 4.59. The lowest BCUT2D eigenvalue weighted by atomic mass is 10.0. The van der Waals surface area contributed by atoms with Crippen LogP contribution < -0.4 is 0 Å². The van der Waals surface area contributed by atoms with Gasteiger partial charge in [0.25, 0.3) is 0 Å². The van der Waals surface area contributed by atoms with Crippen LogP contribution in [0.2, 0.25) is 0 Å². The number of Topliss-reactive ketones (excluding diaryl/α,β-unsaturated/α-hetero) is 1. The van der Waals surface area contributed by atoms with Crippen LogP contribution in [0.1, 0.15) is 48.5 Å². The minimum atomic E-state index is -0.760. The lowest BCUT2D eigenvalue weighted by Crippen LogP contribution is -2.07. The molecular formula is C13H16F2O. The van der Waals surface area contributed by atoms with Crippen LogP contribution in [0.4, 0.5) is 8.78 Å². The number of carbonyl (C=O) groups excluding carboxylic acids is 1. The normalized spacial score (nSPS) is 10.5. The van der Waals surface area contributed by atoms with Gasteiger partial charge < -0.3 is 0 Å². The molecule has 1 aromatic carbocycles. The highest BCUT2D eigenvalue weighted by molar-refractivity contribution is 5.96. The predicted octanol–water partition coefficient (Wildman–Crippen LogP) is 4.04. The molecule has 0 heterocycles. The van der Waals surface area contributed by atoms with E-state index < -0.39 is 17.4 Å². The summed E-state index contributed by atoms with van der Waals surface area (Å²) in [5.41, 5.74) is -0.0728. The minimum Gasteiger partial charge on any atom is -0.294 e. The molecule has 0 fully saturated rings. The summed E-state index contributed by atoms with van der Waals surface area (Å²) in [6.07, 6.45) is 2.78. The molecule has 16 heavy (non-hydrogen) atoms. The fourth-order valence-electron chi connectivity index (χ4n) is 1.57. The molecule has 0 radical (unpaired) electrons. The third-order valence-corrected chi connectivity index (χ3v) is 2.57. The Morgan fingerprint density at radius 2 is 1.94 bits per heavy atom. The highest BCUT2D eigenvalue weighted by Gasteiger charge is 2.18. The molecule has 0 aromatic heterocycles. The Labute approximate surface area is 94.5 Å². The Bertz CT molecular complexity index is 386. The predicted molar refractivity (Wildman–Crippen MR) is 59.6 cm³/mol. The smallest absolute Gasteiger partial charge is 0.168 e. The quantitative estimate of drug-likeness (QED) is 0.547. The van der Waals surface area contributed by atoms with E-state index in [0.717, 1.165) is 18.9 Å². The van der Waals surface area contributed by atoms with Gasteiger partial charge in [0.05, 0.1) is 5.56 Å². The summed E-state index contributed by atoms with van der Waals surface area (Å²) in [6.45, 7) is 3.54. The summed E-state index contributed by atoms with van der Waals surface area (Å²) in [4.78, 5) is 11.6. The van der Waals surface area contributed by atoms with Crippen LogP contribution in [0.5, 0.6) is 0 Å². The van der Waals surface area contributed by atoms with Crippen LogP contribution in [0.3, 0.4) is 0 Å². The zero-order chi connectivity index (χ0) is 12.1. The third kappa shape index (κ3) is 2.87. The maximum absolute atomic E-state index is 13.6. The van der Waals surface area contributed by atoms with Crippen LogP contribution in [-0.4, -0.2) is 5.78 Å². The molecule has 88 valence electrons. The van der Waals surface area contributed by atoms with E-state index in [1.165, 1.54) is 13.0 Å². The van der Waals surface area contributed by atoms with E-state index in [4.69, 9.17) is 0 Å². The maximum atomic E-state index is 13.6. The molecule has 3 heteroatoms. The highest BCUT2D eigenvalue weighted by Crippen LogP contribution is 2.19. The van der Waals surface area contributed by atoms with E-state index in [2.05, 4.69) is 0 Å². The Hall–Kier alpha value is -1.25. The summed E-state index contributed by atoms with van der Waals surface area (Å²) in [5.74, 6) is -1.92. The second kappa shape index (κ2) is 5.73. The van der Waals surface area contributed by atoms with Gasteiger partial charge in [0, 0.05) is 6.42 Å². The number of benzene rings is 1. The Balaban J connectivity index is 2.86. The molecule has 1 nitrogen and oxygen atoms in total. The zero-order valence-electron chi connectivity index (χ0n) is 9.65. The lowest BCUT2D eigenvalue weighted by molar-refractivity contribution is 0.0971. The fraction of sp³-hybridized carbons (Fsp3) is 0.462. The molecule has 0 spiro atoms. The molecule has 1 aromatic rings. The van der Waals surface area contributed by atoms with Crippen molar-refractivity contribution in [3.05, 3.63) is 34.9 Å². The topological polar surface area (TPSA) is 17.1 Å². The van der Waals surface area contributed by atoms with Crippen LogP contribution >= 0.6 is 0 Å². The van der Waals surface area contributed by atoms with E-state index in [9.17, 15) is 13.6 Å². The molecule has 0 aliphatic rings. The molecule has 0 saturated heterocycles. The lowest BCUT2D eigenvalue weighted by Gasteiger charge is -2.06. The van der Waals surface area contributed by atoms with Gasteiger partial charge in [0.2, 0.25) is 0 Å². The van der Waals surface area contributed by atoms with Gasteiger partial charge in [-0.1, -0.05) is 25.8 Å². The first-order chi connectivity index (χ1) is 7.57. The Morgan fingerprint density at radius 3 is 2.56 bits per heavy atom. The second-order valence-electron chi connectivity index (χ2n) is 3.93. The van der Waals surface area contributed by atoms with Crippen molar-refractivity contribution >= 4 is 5.78 Å². The van der Waals surface area contributed by atoms with E-state index in [1.54, 1.807) is 0 Å². The van der Waals surface area contributed by atoms with Crippen molar-refractivity contribution in [2.45, 2.75) is 39.5 Å². The van der Waals surface area contributed by atoms with Crippen molar-refractivity contribution in [1.29, 1.82) is 0 Å².